The molecule has 1 aromatic heterocycles. The van der Waals surface area contributed by atoms with E-state index in [2.05, 4.69) is 5.16 Å². The molecule has 0 N–H and O–H groups in total. The van der Waals surface area contributed by atoms with Gasteiger partial charge in [-0.15, -0.1) is 0 Å². The van der Waals surface area contributed by atoms with Gasteiger partial charge in [0.05, 0.1) is 19.1 Å². The first-order valence-corrected chi connectivity index (χ1v) is 9.30. The average Bonchev–Trinajstić information content (AvgIpc) is 3.17. The van der Waals surface area contributed by atoms with Crippen molar-refractivity contribution in [3.8, 4) is 11.3 Å². The second-order valence-corrected chi connectivity index (χ2v) is 6.61. The van der Waals surface area contributed by atoms with Crippen molar-refractivity contribution in [3.05, 3.63) is 41.8 Å². The van der Waals surface area contributed by atoms with Gasteiger partial charge in [0.1, 0.15) is 18.1 Å². The summed E-state index contributed by atoms with van der Waals surface area (Å²) in [4.78, 5) is 25.9. The fourth-order valence-corrected chi connectivity index (χ4v) is 3.12. The molecule has 0 saturated carbocycles. The maximum Gasteiger partial charge on any atom is 0.310 e. The zero-order valence-corrected chi connectivity index (χ0v) is 15.7. The largest absolute Gasteiger partial charge is 0.466 e. The number of likely N-dealkylation sites (tertiary alicyclic amines) is 1. The van der Waals surface area contributed by atoms with Gasteiger partial charge in [0.25, 0.3) is 0 Å². The number of amides is 1. The maximum atomic E-state index is 13.0. The number of rotatable bonds is 7. The van der Waals surface area contributed by atoms with Crippen LogP contribution in [0, 0.1) is 11.7 Å². The first kappa shape index (κ1) is 20.0. The van der Waals surface area contributed by atoms with Gasteiger partial charge in [0, 0.05) is 24.7 Å². The molecule has 0 radical (unpaired) electrons. The lowest BCUT2D eigenvalue weighted by Crippen LogP contribution is -2.44. The van der Waals surface area contributed by atoms with Crippen LogP contribution in [0.3, 0.4) is 0 Å². The van der Waals surface area contributed by atoms with E-state index in [4.69, 9.17) is 14.0 Å². The molecule has 2 heterocycles. The van der Waals surface area contributed by atoms with E-state index in [1.165, 1.54) is 12.1 Å². The van der Waals surface area contributed by atoms with Gasteiger partial charge in [-0.1, -0.05) is 5.16 Å². The molecule has 3 rings (SSSR count). The molecule has 1 aliphatic heterocycles. The number of benzene rings is 1. The van der Waals surface area contributed by atoms with Gasteiger partial charge < -0.3 is 18.9 Å². The number of esters is 1. The zero-order valence-electron chi connectivity index (χ0n) is 15.7. The summed E-state index contributed by atoms with van der Waals surface area (Å²) in [5.41, 5.74) is 1.24. The molecule has 28 heavy (non-hydrogen) atoms. The molecule has 1 amide bonds. The fraction of sp³-hybridized carbons (Fsp3) is 0.450. The Hall–Kier alpha value is -2.74. The predicted molar refractivity (Wildman–Crippen MR) is 97.5 cm³/mol. The van der Waals surface area contributed by atoms with E-state index in [-0.39, 0.29) is 36.8 Å². The van der Waals surface area contributed by atoms with Crippen molar-refractivity contribution in [2.24, 2.45) is 5.92 Å². The quantitative estimate of drug-likeness (QED) is 0.676. The van der Waals surface area contributed by atoms with Crippen LogP contribution >= 0.6 is 0 Å². The van der Waals surface area contributed by atoms with Crippen molar-refractivity contribution in [2.75, 3.05) is 26.3 Å². The van der Waals surface area contributed by atoms with Gasteiger partial charge in [-0.05, 0) is 44.0 Å². The Balaban J connectivity index is 1.46. The average molecular weight is 390 g/mol. The second kappa shape index (κ2) is 9.45. The van der Waals surface area contributed by atoms with Gasteiger partial charge >= 0.3 is 5.97 Å². The van der Waals surface area contributed by atoms with Crippen LogP contribution in [0.4, 0.5) is 4.39 Å². The van der Waals surface area contributed by atoms with Gasteiger partial charge in [-0.2, -0.15) is 0 Å². The van der Waals surface area contributed by atoms with E-state index in [0.717, 1.165) is 12.8 Å². The summed E-state index contributed by atoms with van der Waals surface area (Å²) in [7, 11) is 0. The third kappa shape index (κ3) is 5.16. The lowest BCUT2D eigenvalue weighted by Gasteiger charge is -2.31. The smallest absolute Gasteiger partial charge is 0.310 e. The fourth-order valence-electron chi connectivity index (χ4n) is 3.12. The summed E-state index contributed by atoms with van der Waals surface area (Å²) in [6.07, 6.45) is 1.49. The number of aromatic nitrogens is 1. The molecule has 0 unspecified atom stereocenters. The Bertz CT molecular complexity index is 805. The number of carbonyl (C=O) groups is 2. The molecule has 2 aromatic rings. The topological polar surface area (TPSA) is 81.9 Å². The molecule has 1 fully saturated rings. The highest BCUT2D eigenvalue weighted by atomic mass is 19.1. The Morgan fingerprint density at radius 1 is 1.32 bits per heavy atom. The van der Waals surface area contributed by atoms with Crippen molar-refractivity contribution in [2.45, 2.75) is 26.4 Å². The zero-order chi connectivity index (χ0) is 19.9. The Morgan fingerprint density at radius 2 is 2.11 bits per heavy atom. The number of nitrogens with zero attached hydrogens (tertiary/aromatic N) is 2. The van der Waals surface area contributed by atoms with Crippen LogP contribution in [-0.4, -0.2) is 48.2 Å². The summed E-state index contributed by atoms with van der Waals surface area (Å²) in [6.45, 7) is 3.09. The van der Waals surface area contributed by atoms with Crippen molar-refractivity contribution in [1.29, 1.82) is 0 Å². The first-order chi connectivity index (χ1) is 13.6. The number of halogens is 1. The van der Waals surface area contributed by atoms with Crippen molar-refractivity contribution in [3.63, 3.8) is 0 Å². The number of hydrogen-bond acceptors (Lipinski definition) is 6. The molecule has 1 aliphatic rings. The third-order valence-electron chi connectivity index (χ3n) is 4.56. The van der Waals surface area contributed by atoms with Crippen LogP contribution in [0.2, 0.25) is 0 Å². The molecule has 7 nitrogen and oxygen atoms in total. The van der Waals surface area contributed by atoms with E-state index in [1.807, 2.05) is 0 Å². The number of carbonyl (C=O) groups excluding carboxylic acids is 2. The monoisotopic (exact) mass is 390 g/mol. The molecular formula is C20H23FN2O5. The number of hydrogen-bond donors (Lipinski definition) is 0. The van der Waals surface area contributed by atoms with E-state index >= 15 is 0 Å². The second-order valence-electron chi connectivity index (χ2n) is 6.61. The molecule has 0 aliphatic carbocycles. The van der Waals surface area contributed by atoms with E-state index in [0.29, 0.717) is 36.7 Å². The molecule has 1 atom stereocenters. The van der Waals surface area contributed by atoms with Gasteiger partial charge in [0.15, 0.2) is 5.76 Å². The van der Waals surface area contributed by atoms with Crippen LogP contribution < -0.4 is 0 Å². The lowest BCUT2D eigenvalue weighted by atomic mass is 9.98. The highest BCUT2D eigenvalue weighted by Crippen LogP contribution is 2.21. The first-order valence-electron chi connectivity index (χ1n) is 9.30. The SMILES string of the molecule is CCOC(=O)[C@H]1CCCN(C(=O)COCc2cc(-c3ccc(F)cc3)on2)C1. The highest BCUT2D eigenvalue weighted by Gasteiger charge is 2.29. The minimum absolute atomic E-state index is 0.103. The normalized spacial score (nSPS) is 16.8. The summed E-state index contributed by atoms with van der Waals surface area (Å²) >= 11 is 0. The molecule has 8 heteroatoms. The lowest BCUT2D eigenvalue weighted by molar-refractivity contribution is -0.152. The molecule has 1 aromatic carbocycles. The van der Waals surface area contributed by atoms with Crippen LogP contribution in [-0.2, 0) is 25.7 Å². The minimum Gasteiger partial charge on any atom is -0.466 e. The Kier molecular flexibility index (Phi) is 6.76. The van der Waals surface area contributed by atoms with E-state index in [1.54, 1.807) is 30.0 Å². The molecular weight excluding hydrogens is 367 g/mol. The minimum atomic E-state index is -0.326. The third-order valence-corrected chi connectivity index (χ3v) is 4.56. The van der Waals surface area contributed by atoms with Gasteiger partial charge in [-0.3, -0.25) is 9.59 Å². The number of ether oxygens (including phenoxy) is 2. The maximum absolute atomic E-state index is 13.0. The Morgan fingerprint density at radius 3 is 2.86 bits per heavy atom. The summed E-state index contributed by atoms with van der Waals surface area (Å²) < 4.78 is 28.7. The molecule has 150 valence electrons. The van der Waals surface area contributed by atoms with Crippen molar-refractivity contribution in [1.82, 2.24) is 10.1 Å². The Labute approximate surface area is 162 Å². The summed E-state index contributed by atoms with van der Waals surface area (Å²) in [5, 5.41) is 3.90. The predicted octanol–water partition coefficient (Wildman–Crippen LogP) is 2.80. The molecule has 0 spiro atoms. The summed E-state index contributed by atoms with van der Waals surface area (Å²) in [5.74, 6) is -0.522. The van der Waals surface area contributed by atoms with Crippen LogP contribution in [0.15, 0.2) is 34.9 Å². The highest BCUT2D eigenvalue weighted by molar-refractivity contribution is 5.79. The molecule has 1 saturated heterocycles. The van der Waals surface area contributed by atoms with Gasteiger partial charge in [-0.25, -0.2) is 4.39 Å². The van der Waals surface area contributed by atoms with Crippen molar-refractivity contribution >= 4 is 11.9 Å². The van der Waals surface area contributed by atoms with Crippen LogP contribution in [0.5, 0.6) is 0 Å². The molecule has 0 bridgehead atoms. The van der Waals surface area contributed by atoms with Crippen LogP contribution in [0.25, 0.3) is 11.3 Å². The van der Waals surface area contributed by atoms with Crippen LogP contribution in [0.1, 0.15) is 25.5 Å². The van der Waals surface area contributed by atoms with Crippen molar-refractivity contribution < 1.29 is 28.0 Å². The van der Waals surface area contributed by atoms with Gasteiger partial charge in [0.2, 0.25) is 5.91 Å². The summed E-state index contributed by atoms with van der Waals surface area (Å²) in [6, 6.07) is 7.57. The standard InChI is InChI=1S/C20H23FN2O5/c1-2-27-20(25)15-4-3-9-23(11-15)19(24)13-26-12-17-10-18(28-22-17)14-5-7-16(21)8-6-14/h5-8,10,15H,2-4,9,11-13H2,1H3/t15-/m0/s1. The number of piperidine rings is 1. The van der Waals surface area contributed by atoms with E-state index in [9.17, 15) is 14.0 Å². The van der Waals surface area contributed by atoms with E-state index < -0.39 is 0 Å².